The van der Waals surface area contributed by atoms with Crippen molar-refractivity contribution in [3.63, 3.8) is 0 Å². The Kier molecular flexibility index (Phi) is 3.46. The molecule has 4 nitrogen and oxygen atoms in total. The van der Waals surface area contributed by atoms with Crippen LogP contribution >= 0.6 is 27.5 Å². The lowest BCUT2D eigenvalue weighted by atomic mass is 10.2. The summed E-state index contributed by atoms with van der Waals surface area (Å²) in [5, 5.41) is 11.1. The summed E-state index contributed by atoms with van der Waals surface area (Å²) in [5.74, 6) is -0.220. The van der Waals surface area contributed by atoms with Crippen molar-refractivity contribution in [2.75, 3.05) is 5.32 Å². The zero-order valence-electron chi connectivity index (χ0n) is 10.2. The van der Waals surface area contributed by atoms with Gasteiger partial charge in [-0.2, -0.15) is 5.10 Å². The topological polar surface area (TPSA) is 57.8 Å². The molecule has 0 unspecified atom stereocenters. The smallest absolute Gasteiger partial charge is 0.255 e. The number of aromatic nitrogens is 2. The lowest BCUT2D eigenvalue weighted by Crippen LogP contribution is -2.12. The maximum Gasteiger partial charge on any atom is 0.255 e. The number of H-pyrrole nitrogens is 1. The highest BCUT2D eigenvalue weighted by Crippen LogP contribution is 2.23. The Morgan fingerprint density at radius 1 is 1.30 bits per heavy atom. The van der Waals surface area contributed by atoms with Crippen molar-refractivity contribution in [3.05, 3.63) is 57.7 Å². The fourth-order valence-electron chi connectivity index (χ4n) is 1.96. The summed E-state index contributed by atoms with van der Waals surface area (Å²) in [7, 11) is 0. The van der Waals surface area contributed by atoms with Crippen LogP contribution in [-0.4, -0.2) is 16.1 Å². The largest absolute Gasteiger partial charge is 0.321 e. The van der Waals surface area contributed by atoms with E-state index in [2.05, 4.69) is 31.4 Å². The summed E-state index contributed by atoms with van der Waals surface area (Å²) in [5.41, 5.74) is 2.07. The zero-order chi connectivity index (χ0) is 14.1. The van der Waals surface area contributed by atoms with Crippen LogP contribution in [0.2, 0.25) is 5.02 Å². The third-order valence-electron chi connectivity index (χ3n) is 2.86. The third kappa shape index (κ3) is 2.55. The normalized spacial score (nSPS) is 10.7. The number of rotatable bonds is 2. The molecule has 0 fully saturated rings. The van der Waals surface area contributed by atoms with Gasteiger partial charge in [-0.3, -0.25) is 9.89 Å². The van der Waals surface area contributed by atoms with Crippen LogP contribution in [0.15, 0.2) is 47.1 Å². The Bertz CT molecular complexity index is 780. The SMILES string of the molecule is O=C(Nc1cccc2[nH]ncc12)c1cc(Cl)cc(Br)c1. The molecule has 0 aliphatic carbocycles. The summed E-state index contributed by atoms with van der Waals surface area (Å²) < 4.78 is 0.761. The first-order valence-corrected chi connectivity index (χ1v) is 7.00. The zero-order valence-corrected chi connectivity index (χ0v) is 12.5. The lowest BCUT2D eigenvalue weighted by Gasteiger charge is -2.07. The van der Waals surface area contributed by atoms with Gasteiger partial charge in [0.1, 0.15) is 0 Å². The van der Waals surface area contributed by atoms with Gasteiger partial charge in [0.15, 0.2) is 0 Å². The van der Waals surface area contributed by atoms with Crippen LogP contribution in [0.5, 0.6) is 0 Å². The Morgan fingerprint density at radius 2 is 2.15 bits per heavy atom. The van der Waals surface area contributed by atoms with Gasteiger partial charge in [-0.25, -0.2) is 0 Å². The Hall–Kier alpha value is -1.85. The van der Waals surface area contributed by atoms with Crippen molar-refractivity contribution in [2.24, 2.45) is 0 Å². The van der Waals surface area contributed by atoms with Crippen LogP contribution in [0.4, 0.5) is 5.69 Å². The molecule has 1 aromatic heterocycles. The first-order chi connectivity index (χ1) is 9.63. The minimum absolute atomic E-state index is 0.220. The molecule has 2 N–H and O–H groups in total. The van der Waals surface area contributed by atoms with E-state index in [0.29, 0.717) is 16.3 Å². The van der Waals surface area contributed by atoms with Crippen molar-refractivity contribution < 1.29 is 4.79 Å². The minimum atomic E-state index is -0.220. The van der Waals surface area contributed by atoms with Crippen molar-refractivity contribution in [2.45, 2.75) is 0 Å². The summed E-state index contributed by atoms with van der Waals surface area (Å²) in [6.45, 7) is 0. The molecule has 100 valence electrons. The number of fused-ring (bicyclic) bond motifs is 1. The number of anilines is 1. The van der Waals surface area contributed by atoms with Crippen molar-refractivity contribution in [1.29, 1.82) is 0 Å². The highest BCUT2D eigenvalue weighted by molar-refractivity contribution is 9.10. The average molecular weight is 351 g/mol. The summed E-state index contributed by atoms with van der Waals surface area (Å²) >= 11 is 9.27. The van der Waals surface area contributed by atoms with Gasteiger partial charge in [0, 0.05) is 20.4 Å². The Labute approximate surface area is 128 Å². The number of nitrogens with zero attached hydrogens (tertiary/aromatic N) is 1. The standard InChI is InChI=1S/C14H9BrClN3O/c15-9-4-8(5-10(16)6-9)14(20)18-12-2-1-3-13-11(12)7-17-19-13/h1-7H,(H,17,19)(H,18,20). The van der Waals surface area contributed by atoms with Crippen molar-refractivity contribution >= 4 is 50.0 Å². The predicted octanol–water partition coefficient (Wildman–Crippen LogP) is 4.23. The van der Waals surface area contributed by atoms with Crippen LogP contribution in [-0.2, 0) is 0 Å². The summed E-state index contributed by atoms with van der Waals surface area (Å²) in [4.78, 5) is 12.3. The molecule has 0 aliphatic rings. The van der Waals surface area contributed by atoms with Gasteiger partial charge in [-0.15, -0.1) is 0 Å². The van der Waals surface area contributed by atoms with E-state index in [1.807, 2.05) is 18.2 Å². The van der Waals surface area contributed by atoms with Crippen molar-refractivity contribution in [1.82, 2.24) is 10.2 Å². The lowest BCUT2D eigenvalue weighted by molar-refractivity contribution is 0.102. The van der Waals surface area contributed by atoms with E-state index < -0.39 is 0 Å². The average Bonchev–Trinajstić information content (AvgIpc) is 2.87. The second kappa shape index (κ2) is 5.26. The minimum Gasteiger partial charge on any atom is -0.321 e. The molecule has 6 heteroatoms. The molecular weight excluding hydrogens is 342 g/mol. The van der Waals surface area contributed by atoms with E-state index in [1.54, 1.807) is 24.4 Å². The fraction of sp³-hybridized carbons (Fsp3) is 0. The Morgan fingerprint density at radius 3 is 2.95 bits per heavy atom. The maximum atomic E-state index is 12.3. The molecule has 0 bridgehead atoms. The van der Waals surface area contributed by atoms with E-state index in [0.717, 1.165) is 15.4 Å². The van der Waals surface area contributed by atoms with Gasteiger partial charge in [0.2, 0.25) is 0 Å². The van der Waals surface area contributed by atoms with Gasteiger partial charge < -0.3 is 5.32 Å². The van der Waals surface area contributed by atoms with Crippen LogP contribution in [0.3, 0.4) is 0 Å². The van der Waals surface area contributed by atoms with Gasteiger partial charge >= 0.3 is 0 Å². The van der Waals surface area contributed by atoms with Gasteiger partial charge in [-0.05, 0) is 30.3 Å². The Balaban J connectivity index is 1.94. The second-order valence-electron chi connectivity index (χ2n) is 4.25. The molecular formula is C14H9BrClN3O. The number of halogens is 2. The van der Waals surface area contributed by atoms with Gasteiger partial charge in [0.05, 0.1) is 17.4 Å². The summed E-state index contributed by atoms with van der Waals surface area (Å²) in [6.07, 6.45) is 1.68. The maximum absolute atomic E-state index is 12.3. The highest BCUT2D eigenvalue weighted by Gasteiger charge is 2.10. The second-order valence-corrected chi connectivity index (χ2v) is 5.60. The molecule has 1 heterocycles. The number of nitrogens with one attached hydrogen (secondary N) is 2. The van der Waals surface area contributed by atoms with E-state index in [1.165, 1.54) is 0 Å². The monoisotopic (exact) mass is 349 g/mol. The molecule has 0 saturated carbocycles. The van der Waals surface area contributed by atoms with E-state index in [4.69, 9.17) is 11.6 Å². The van der Waals surface area contributed by atoms with Gasteiger partial charge in [-0.1, -0.05) is 33.6 Å². The molecule has 20 heavy (non-hydrogen) atoms. The number of carbonyl (C=O) groups excluding carboxylic acids is 1. The molecule has 0 spiro atoms. The summed E-state index contributed by atoms with van der Waals surface area (Å²) in [6, 6.07) is 10.6. The molecule has 0 radical (unpaired) electrons. The predicted molar refractivity (Wildman–Crippen MR) is 83.2 cm³/mol. The molecule has 3 rings (SSSR count). The van der Waals surface area contributed by atoms with E-state index in [9.17, 15) is 4.79 Å². The molecule has 0 aliphatic heterocycles. The van der Waals surface area contributed by atoms with Crippen LogP contribution in [0.1, 0.15) is 10.4 Å². The number of aromatic amines is 1. The molecule has 0 saturated heterocycles. The van der Waals surface area contributed by atoms with E-state index >= 15 is 0 Å². The van der Waals surface area contributed by atoms with Crippen LogP contribution in [0, 0.1) is 0 Å². The van der Waals surface area contributed by atoms with Crippen molar-refractivity contribution in [3.8, 4) is 0 Å². The number of hydrogen-bond donors (Lipinski definition) is 2. The first kappa shape index (κ1) is 13.1. The molecule has 2 aromatic carbocycles. The quantitative estimate of drug-likeness (QED) is 0.726. The molecule has 0 atom stereocenters. The third-order valence-corrected chi connectivity index (χ3v) is 3.53. The number of benzene rings is 2. The molecule has 1 amide bonds. The number of carbonyl (C=O) groups is 1. The fourth-order valence-corrected chi connectivity index (χ4v) is 2.82. The van der Waals surface area contributed by atoms with E-state index in [-0.39, 0.29) is 5.91 Å². The number of hydrogen-bond acceptors (Lipinski definition) is 2. The van der Waals surface area contributed by atoms with Crippen LogP contribution in [0.25, 0.3) is 10.9 Å². The highest BCUT2D eigenvalue weighted by atomic mass is 79.9. The first-order valence-electron chi connectivity index (χ1n) is 5.83. The number of amides is 1. The van der Waals surface area contributed by atoms with Gasteiger partial charge in [0.25, 0.3) is 5.91 Å². The van der Waals surface area contributed by atoms with Crippen LogP contribution < -0.4 is 5.32 Å². The molecule has 3 aromatic rings.